The van der Waals surface area contributed by atoms with Crippen LogP contribution in [0.15, 0.2) is 0 Å². The topological polar surface area (TPSA) is 63.6 Å². The van der Waals surface area contributed by atoms with E-state index < -0.39 is 28.9 Å². The number of ether oxygens (including phenoxy) is 1. The summed E-state index contributed by atoms with van der Waals surface area (Å²) in [6.07, 6.45) is -0.157. The predicted octanol–water partition coefficient (Wildman–Crippen LogP) is 1.44. The largest absolute Gasteiger partial charge is 0.481 e. The molecule has 1 atom stereocenters. The first-order valence-corrected chi connectivity index (χ1v) is 4.63. The summed E-state index contributed by atoms with van der Waals surface area (Å²) in [4.78, 5) is 22.0. The van der Waals surface area contributed by atoms with Crippen LogP contribution in [0.3, 0.4) is 0 Å². The first kappa shape index (κ1) is 11.0. The molecular weight excluding hydrogens is 184 g/mol. The zero-order valence-electron chi connectivity index (χ0n) is 8.96. The highest BCUT2D eigenvalue weighted by Gasteiger charge is 2.56. The van der Waals surface area contributed by atoms with Crippen LogP contribution in [0.4, 0.5) is 0 Å². The van der Waals surface area contributed by atoms with Crippen molar-refractivity contribution >= 4 is 11.9 Å². The van der Waals surface area contributed by atoms with Crippen LogP contribution in [0.2, 0.25) is 0 Å². The van der Waals surface area contributed by atoms with Crippen LogP contribution in [0.5, 0.6) is 0 Å². The van der Waals surface area contributed by atoms with E-state index in [-0.39, 0.29) is 6.42 Å². The van der Waals surface area contributed by atoms with Gasteiger partial charge in [0, 0.05) is 5.41 Å². The van der Waals surface area contributed by atoms with Crippen molar-refractivity contribution in [2.75, 3.05) is 0 Å². The molecule has 0 aromatic rings. The van der Waals surface area contributed by atoms with Gasteiger partial charge in [-0.15, -0.1) is 0 Å². The minimum Gasteiger partial charge on any atom is -0.481 e. The maximum atomic E-state index is 11.5. The molecule has 0 spiro atoms. The molecule has 0 bridgehead atoms. The molecule has 4 nitrogen and oxygen atoms in total. The van der Waals surface area contributed by atoms with Crippen LogP contribution >= 0.6 is 0 Å². The van der Waals surface area contributed by atoms with Gasteiger partial charge in [0.05, 0.1) is 12.3 Å². The predicted molar refractivity (Wildman–Crippen MR) is 49.7 cm³/mol. The number of rotatable bonds is 2. The van der Waals surface area contributed by atoms with Gasteiger partial charge in [-0.3, -0.25) is 9.59 Å². The Morgan fingerprint density at radius 1 is 1.43 bits per heavy atom. The molecule has 0 saturated carbocycles. The second kappa shape index (κ2) is 2.97. The summed E-state index contributed by atoms with van der Waals surface area (Å²) in [6, 6.07) is 0. The first-order chi connectivity index (χ1) is 6.18. The second-order valence-electron chi connectivity index (χ2n) is 4.80. The van der Waals surface area contributed by atoms with Gasteiger partial charge in [0.1, 0.15) is 5.60 Å². The Labute approximate surface area is 83.2 Å². The molecule has 1 N–H and O–H groups in total. The molecule has 0 aliphatic carbocycles. The van der Waals surface area contributed by atoms with E-state index in [2.05, 4.69) is 0 Å². The Balaban J connectivity index is 2.96. The molecule has 1 rings (SSSR count). The average Bonchev–Trinajstić information content (AvgIpc) is 2.09. The van der Waals surface area contributed by atoms with Crippen LogP contribution in [-0.4, -0.2) is 22.6 Å². The minimum atomic E-state index is -0.960. The van der Waals surface area contributed by atoms with Crippen molar-refractivity contribution in [2.45, 2.75) is 39.7 Å². The number of esters is 1. The van der Waals surface area contributed by atoms with Crippen molar-refractivity contribution in [2.24, 2.45) is 11.3 Å². The highest BCUT2D eigenvalue weighted by Crippen LogP contribution is 2.48. The van der Waals surface area contributed by atoms with E-state index in [1.54, 1.807) is 0 Å². The minimum absolute atomic E-state index is 0.157. The third kappa shape index (κ3) is 1.49. The van der Waals surface area contributed by atoms with E-state index in [0.29, 0.717) is 0 Å². The zero-order valence-corrected chi connectivity index (χ0v) is 8.96. The van der Waals surface area contributed by atoms with Gasteiger partial charge in [0.25, 0.3) is 0 Å². The van der Waals surface area contributed by atoms with E-state index in [1.807, 2.05) is 27.7 Å². The zero-order chi connectivity index (χ0) is 11.1. The second-order valence-corrected chi connectivity index (χ2v) is 4.80. The van der Waals surface area contributed by atoms with Gasteiger partial charge in [0.2, 0.25) is 0 Å². The number of carbonyl (C=O) groups is 2. The Bertz CT molecular complexity index is 278. The number of carbonyl (C=O) groups excluding carboxylic acids is 1. The fraction of sp³-hybridized carbons (Fsp3) is 0.800. The first-order valence-electron chi connectivity index (χ1n) is 4.63. The summed E-state index contributed by atoms with van der Waals surface area (Å²) in [5.74, 6) is -1.91. The highest BCUT2D eigenvalue weighted by atomic mass is 16.6. The number of aliphatic carboxylic acids is 1. The molecule has 0 radical (unpaired) electrons. The Kier molecular flexibility index (Phi) is 2.34. The summed E-state index contributed by atoms with van der Waals surface area (Å²) >= 11 is 0. The van der Waals surface area contributed by atoms with Crippen LogP contribution in [0, 0.1) is 11.3 Å². The van der Waals surface area contributed by atoms with Crippen molar-refractivity contribution in [1.82, 2.24) is 0 Å². The van der Waals surface area contributed by atoms with Crippen molar-refractivity contribution < 1.29 is 19.4 Å². The molecule has 0 amide bonds. The summed E-state index contributed by atoms with van der Waals surface area (Å²) in [5, 5.41) is 8.69. The normalized spacial score (nSPS) is 28.6. The van der Waals surface area contributed by atoms with Crippen LogP contribution < -0.4 is 0 Å². The van der Waals surface area contributed by atoms with Crippen molar-refractivity contribution in [3.05, 3.63) is 0 Å². The molecule has 14 heavy (non-hydrogen) atoms. The van der Waals surface area contributed by atoms with Gasteiger partial charge in [-0.25, -0.2) is 0 Å². The van der Waals surface area contributed by atoms with Gasteiger partial charge in [-0.2, -0.15) is 0 Å². The van der Waals surface area contributed by atoms with Crippen LogP contribution in [-0.2, 0) is 14.3 Å². The van der Waals surface area contributed by atoms with Crippen molar-refractivity contribution in [3.63, 3.8) is 0 Å². The highest BCUT2D eigenvalue weighted by molar-refractivity contribution is 5.82. The lowest BCUT2D eigenvalue weighted by Gasteiger charge is -2.34. The van der Waals surface area contributed by atoms with Gasteiger partial charge < -0.3 is 9.84 Å². The third-order valence-corrected chi connectivity index (χ3v) is 3.44. The molecule has 4 heteroatoms. The molecule has 1 aliphatic rings. The Morgan fingerprint density at radius 2 is 1.93 bits per heavy atom. The number of carboxylic acid groups (broad SMARTS) is 1. The molecular formula is C10H16O4. The number of carboxylic acids is 1. The van der Waals surface area contributed by atoms with E-state index in [1.165, 1.54) is 0 Å². The fourth-order valence-corrected chi connectivity index (χ4v) is 1.68. The number of hydrogen-bond acceptors (Lipinski definition) is 3. The van der Waals surface area contributed by atoms with Gasteiger partial charge in [-0.1, -0.05) is 13.8 Å². The third-order valence-electron chi connectivity index (χ3n) is 3.44. The summed E-state index contributed by atoms with van der Waals surface area (Å²) in [7, 11) is 0. The average molecular weight is 200 g/mol. The molecule has 1 saturated heterocycles. The smallest absolute Gasteiger partial charge is 0.310 e. The fourth-order valence-electron chi connectivity index (χ4n) is 1.68. The van der Waals surface area contributed by atoms with Gasteiger partial charge >= 0.3 is 11.9 Å². The van der Waals surface area contributed by atoms with Crippen LogP contribution in [0.1, 0.15) is 34.1 Å². The van der Waals surface area contributed by atoms with E-state index in [0.717, 1.165) is 0 Å². The molecule has 0 aromatic carbocycles. The monoisotopic (exact) mass is 200 g/mol. The number of hydrogen-bond donors (Lipinski definition) is 1. The lowest BCUT2D eigenvalue weighted by molar-refractivity contribution is -0.151. The lowest BCUT2D eigenvalue weighted by Crippen LogP contribution is -2.39. The molecule has 1 aliphatic heterocycles. The standard InChI is InChI=1S/C10H16O4/c1-9(2)6(5-7(11)12)8(13)14-10(9,3)4/h6H,5H2,1-4H3,(H,11,12). The Hall–Kier alpha value is -1.06. The van der Waals surface area contributed by atoms with Crippen LogP contribution in [0.25, 0.3) is 0 Å². The molecule has 1 heterocycles. The maximum Gasteiger partial charge on any atom is 0.310 e. The van der Waals surface area contributed by atoms with Crippen molar-refractivity contribution in [1.29, 1.82) is 0 Å². The van der Waals surface area contributed by atoms with E-state index >= 15 is 0 Å². The number of cyclic esters (lactones) is 1. The summed E-state index contributed by atoms with van der Waals surface area (Å²) in [6.45, 7) is 7.36. The maximum absolute atomic E-state index is 11.5. The van der Waals surface area contributed by atoms with Gasteiger partial charge in [-0.05, 0) is 13.8 Å². The van der Waals surface area contributed by atoms with E-state index in [4.69, 9.17) is 9.84 Å². The molecule has 80 valence electrons. The van der Waals surface area contributed by atoms with Crippen molar-refractivity contribution in [3.8, 4) is 0 Å². The summed E-state index contributed by atoms with van der Waals surface area (Å²) in [5.41, 5.74) is -1.04. The molecule has 0 aromatic heterocycles. The molecule has 1 fully saturated rings. The lowest BCUT2D eigenvalue weighted by atomic mass is 9.69. The SMILES string of the molecule is CC1(C)OC(=O)C(CC(=O)O)C1(C)C. The summed E-state index contributed by atoms with van der Waals surface area (Å²) < 4.78 is 5.18. The van der Waals surface area contributed by atoms with Gasteiger partial charge in [0.15, 0.2) is 0 Å². The Morgan fingerprint density at radius 3 is 2.21 bits per heavy atom. The van der Waals surface area contributed by atoms with E-state index in [9.17, 15) is 9.59 Å². The molecule has 1 unspecified atom stereocenters. The quantitative estimate of drug-likeness (QED) is 0.685.